The Kier molecular flexibility index (Phi) is 6.35. The van der Waals surface area contributed by atoms with Gasteiger partial charge in [-0.1, -0.05) is 49.0 Å². The van der Waals surface area contributed by atoms with Gasteiger partial charge in [-0.2, -0.15) is 0 Å². The molecular weight excluding hydrogens is 368 g/mol. The first-order valence-electron chi connectivity index (χ1n) is 9.47. The molecule has 0 saturated heterocycles. The standard InChI is InChI=1S/C23H26N2O2S/c1-14-11-20(18(5)17(4)16(14)3)21(26)13-28-23-25-24-22(27-23)12-15(2)19-9-7-6-8-10-19/h6-11,15H,12-13H2,1-5H3. The fourth-order valence-corrected chi connectivity index (χ4v) is 3.91. The average molecular weight is 395 g/mol. The van der Waals surface area contributed by atoms with E-state index in [1.807, 2.05) is 38.1 Å². The number of aromatic nitrogens is 2. The molecule has 0 bridgehead atoms. The third-order valence-corrected chi connectivity index (χ3v) is 6.22. The lowest BCUT2D eigenvalue weighted by Crippen LogP contribution is -2.08. The van der Waals surface area contributed by atoms with Crippen molar-refractivity contribution in [3.8, 4) is 0 Å². The van der Waals surface area contributed by atoms with Gasteiger partial charge in [0.25, 0.3) is 5.22 Å². The van der Waals surface area contributed by atoms with Gasteiger partial charge in [0.15, 0.2) is 5.78 Å². The molecule has 1 atom stereocenters. The highest BCUT2D eigenvalue weighted by Crippen LogP contribution is 2.25. The second-order valence-corrected chi connectivity index (χ2v) is 8.23. The molecule has 0 spiro atoms. The summed E-state index contributed by atoms with van der Waals surface area (Å²) in [6, 6.07) is 12.3. The number of hydrogen-bond acceptors (Lipinski definition) is 5. The van der Waals surface area contributed by atoms with Crippen molar-refractivity contribution < 1.29 is 9.21 Å². The maximum Gasteiger partial charge on any atom is 0.277 e. The molecule has 0 radical (unpaired) electrons. The van der Waals surface area contributed by atoms with Crippen LogP contribution in [0.2, 0.25) is 0 Å². The number of ketones is 1. The van der Waals surface area contributed by atoms with Gasteiger partial charge >= 0.3 is 0 Å². The number of aryl methyl sites for hydroxylation is 1. The number of benzene rings is 2. The zero-order valence-corrected chi connectivity index (χ0v) is 17.9. The second-order valence-electron chi connectivity index (χ2n) is 7.31. The van der Waals surface area contributed by atoms with Gasteiger partial charge in [0, 0.05) is 12.0 Å². The van der Waals surface area contributed by atoms with Crippen LogP contribution < -0.4 is 0 Å². The molecule has 0 amide bonds. The predicted octanol–water partition coefficient (Wildman–Crippen LogP) is 5.62. The molecule has 3 rings (SSSR count). The lowest BCUT2D eigenvalue weighted by molar-refractivity contribution is 0.102. The van der Waals surface area contributed by atoms with Crippen molar-refractivity contribution >= 4 is 17.5 Å². The molecule has 5 heteroatoms. The molecular formula is C23H26N2O2S. The molecule has 4 nitrogen and oxygen atoms in total. The quantitative estimate of drug-likeness (QED) is 0.384. The van der Waals surface area contributed by atoms with Gasteiger partial charge in [-0.05, 0) is 67.5 Å². The van der Waals surface area contributed by atoms with E-state index in [0.717, 1.165) is 16.7 Å². The number of thioether (sulfide) groups is 1. The van der Waals surface area contributed by atoms with Gasteiger partial charge in [-0.25, -0.2) is 0 Å². The Hall–Kier alpha value is -2.40. The average Bonchev–Trinajstić information content (AvgIpc) is 3.15. The normalized spacial score (nSPS) is 12.2. The molecule has 1 heterocycles. The number of Topliss-reactive ketones (excluding diaryl/α,β-unsaturated/α-hetero) is 1. The summed E-state index contributed by atoms with van der Waals surface area (Å²) < 4.78 is 5.75. The first-order valence-corrected chi connectivity index (χ1v) is 10.5. The number of carbonyl (C=O) groups is 1. The Bertz CT molecular complexity index is 980. The molecule has 28 heavy (non-hydrogen) atoms. The third-order valence-electron chi connectivity index (χ3n) is 5.41. The van der Waals surface area contributed by atoms with Crippen LogP contribution in [0.5, 0.6) is 0 Å². The van der Waals surface area contributed by atoms with Crippen LogP contribution in [0.25, 0.3) is 0 Å². The Morgan fingerprint density at radius 1 is 1.04 bits per heavy atom. The van der Waals surface area contributed by atoms with Crippen molar-refractivity contribution in [3.05, 3.63) is 75.7 Å². The third kappa shape index (κ3) is 4.53. The highest BCUT2D eigenvalue weighted by Gasteiger charge is 2.17. The zero-order valence-electron chi connectivity index (χ0n) is 17.1. The van der Waals surface area contributed by atoms with Crippen LogP contribution in [0.3, 0.4) is 0 Å². The van der Waals surface area contributed by atoms with Crippen LogP contribution >= 0.6 is 11.8 Å². The minimum Gasteiger partial charge on any atom is -0.416 e. The molecule has 1 unspecified atom stereocenters. The van der Waals surface area contributed by atoms with E-state index in [1.165, 1.54) is 28.5 Å². The van der Waals surface area contributed by atoms with Crippen molar-refractivity contribution in [1.29, 1.82) is 0 Å². The largest absolute Gasteiger partial charge is 0.416 e. The van der Waals surface area contributed by atoms with Crippen LogP contribution in [-0.4, -0.2) is 21.7 Å². The van der Waals surface area contributed by atoms with E-state index in [0.29, 0.717) is 29.2 Å². The van der Waals surface area contributed by atoms with Crippen LogP contribution in [-0.2, 0) is 6.42 Å². The molecule has 0 fully saturated rings. The SMILES string of the molecule is Cc1cc(C(=O)CSc2nnc(CC(C)c3ccccc3)o2)c(C)c(C)c1C. The first kappa shape index (κ1) is 20.3. The fourth-order valence-electron chi connectivity index (χ4n) is 3.25. The van der Waals surface area contributed by atoms with Crippen molar-refractivity contribution in [2.75, 3.05) is 5.75 Å². The molecule has 0 aliphatic rings. The lowest BCUT2D eigenvalue weighted by Gasteiger charge is -2.13. The lowest BCUT2D eigenvalue weighted by atomic mass is 9.93. The topological polar surface area (TPSA) is 56.0 Å². The van der Waals surface area contributed by atoms with E-state index in [1.54, 1.807) is 0 Å². The summed E-state index contributed by atoms with van der Waals surface area (Å²) >= 11 is 1.30. The Balaban J connectivity index is 1.62. The minimum atomic E-state index is 0.0890. The van der Waals surface area contributed by atoms with E-state index in [2.05, 4.69) is 43.1 Å². The molecule has 3 aromatic rings. The maximum absolute atomic E-state index is 12.7. The van der Waals surface area contributed by atoms with E-state index in [4.69, 9.17) is 4.42 Å². The van der Waals surface area contributed by atoms with Gasteiger partial charge < -0.3 is 4.42 Å². The van der Waals surface area contributed by atoms with E-state index >= 15 is 0 Å². The van der Waals surface area contributed by atoms with Gasteiger partial charge in [-0.3, -0.25) is 4.79 Å². The highest BCUT2D eigenvalue weighted by molar-refractivity contribution is 7.99. The summed E-state index contributed by atoms with van der Waals surface area (Å²) in [4.78, 5) is 12.7. The molecule has 0 N–H and O–H groups in total. The minimum absolute atomic E-state index is 0.0890. The summed E-state index contributed by atoms with van der Waals surface area (Å²) in [6.45, 7) is 10.4. The molecule has 2 aromatic carbocycles. The van der Waals surface area contributed by atoms with Crippen molar-refractivity contribution in [2.45, 2.75) is 52.2 Å². The molecule has 0 saturated carbocycles. The molecule has 146 valence electrons. The van der Waals surface area contributed by atoms with E-state index in [9.17, 15) is 4.79 Å². The van der Waals surface area contributed by atoms with Crippen LogP contribution in [0.1, 0.15) is 56.9 Å². The monoisotopic (exact) mass is 394 g/mol. The summed E-state index contributed by atoms with van der Waals surface area (Å²) in [5.41, 5.74) is 6.65. The maximum atomic E-state index is 12.7. The fraction of sp³-hybridized carbons (Fsp3) is 0.348. The molecule has 0 aliphatic heterocycles. The van der Waals surface area contributed by atoms with Crippen LogP contribution in [0.15, 0.2) is 46.0 Å². The molecule has 1 aromatic heterocycles. The van der Waals surface area contributed by atoms with Crippen molar-refractivity contribution in [2.24, 2.45) is 0 Å². The van der Waals surface area contributed by atoms with Crippen LogP contribution in [0.4, 0.5) is 0 Å². The Labute approximate surface area is 170 Å². The second kappa shape index (κ2) is 8.74. The summed E-state index contributed by atoms with van der Waals surface area (Å²) in [7, 11) is 0. The number of carbonyl (C=O) groups excluding carboxylic acids is 1. The number of hydrogen-bond donors (Lipinski definition) is 0. The summed E-state index contributed by atoms with van der Waals surface area (Å²) in [5.74, 6) is 1.27. The van der Waals surface area contributed by atoms with Gasteiger partial charge in [0.05, 0.1) is 5.75 Å². The van der Waals surface area contributed by atoms with E-state index < -0.39 is 0 Å². The van der Waals surface area contributed by atoms with Gasteiger partial charge in [-0.15, -0.1) is 10.2 Å². The number of nitrogens with zero attached hydrogens (tertiary/aromatic N) is 2. The Morgan fingerprint density at radius 2 is 1.75 bits per heavy atom. The number of rotatable bonds is 7. The Morgan fingerprint density at radius 3 is 2.46 bits per heavy atom. The summed E-state index contributed by atoms with van der Waals surface area (Å²) in [5, 5.41) is 8.68. The first-order chi connectivity index (χ1) is 13.4. The smallest absolute Gasteiger partial charge is 0.277 e. The van der Waals surface area contributed by atoms with Crippen molar-refractivity contribution in [3.63, 3.8) is 0 Å². The zero-order chi connectivity index (χ0) is 20.3. The van der Waals surface area contributed by atoms with Gasteiger partial charge in [0.2, 0.25) is 5.89 Å². The van der Waals surface area contributed by atoms with Crippen molar-refractivity contribution in [1.82, 2.24) is 10.2 Å². The predicted molar refractivity (Wildman–Crippen MR) is 113 cm³/mol. The van der Waals surface area contributed by atoms with E-state index in [-0.39, 0.29) is 5.78 Å². The van der Waals surface area contributed by atoms with Crippen LogP contribution in [0, 0.1) is 27.7 Å². The molecule has 0 aliphatic carbocycles. The summed E-state index contributed by atoms with van der Waals surface area (Å²) in [6.07, 6.45) is 0.682. The highest BCUT2D eigenvalue weighted by atomic mass is 32.2. The van der Waals surface area contributed by atoms with Gasteiger partial charge in [0.1, 0.15) is 0 Å².